The van der Waals surface area contributed by atoms with Crippen LogP contribution in [0.1, 0.15) is 32.3 Å². The predicted molar refractivity (Wildman–Crippen MR) is 171 cm³/mol. The number of ether oxygens (including phenoxy) is 4. The number of nitrogens with two attached hydrogens (primary N) is 1. The van der Waals surface area contributed by atoms with Crippen molar-refractivity contribution in [1.29, 1.82) is 5.26 Å². The molecule has 0 spiro atoms. The minimum atomic E-state index is -0.593. The van der Waals surface area contributed by atoms with Crippen molar-refractivity contribution >= 4 is 62.2 Å². The van der Waals surface area contributed by atoms with E-state index in [1.165, 1.54) is 18.4 Å². The van der Waals surface area contributed by atoms with Gasteiger partial charge in [0, 0.05) is 37.3 Å². The van der Waals surface area contributed by atoms with Gasteiger partial charge < -0.3 is 24.7 Å². The molecule has 0 radical (unpaired) electrons. The van der Waals surface area contributed by atoms with Crippen LogP contribution in [0.25, 0.3) is 10.1 Å². The molecule has 2 N–H and O–H groups in total. The Labute approximate surface area is 271 Å². The molecule has 5 aromatic rings. The minimum absolute atomic E-state index is 0.0577. The maximum Gasteiger partial charge on any atom is 0.355 e. The summed E-state index contributed by atoms with van der Waals surface area (Å²) in [5.41, 5.74) is 8.56. The zero-order valence-corrected chi connectivity index (χ0v) is 26.0. The van der Waals surface area contributed by atoms with Gasteiger partial charge in [0.15, 0.2) is 11.5 Å². The van der Waals surface area contributed by atoms with Gasteiger partial charge in [0.05, 0.1) is 18.1 Å². The zero-order chi connectivity index (χ0) is 31.0. The number of nitriles is 1. The van der Waals surface area contributed by atoms with Gasteiger partial charge in [-0.1, -0.05) is 71.2 Å². The number of hydrogen-bond donors (Lipinski definition) is 1. The van der Waals surface area contributed by atoms with Gasteiger partial charge in [0.25, 0.3) is 0 Å². The van der Waals surface area contributed by atoms with Crippen LogP contribution < -0.4 is 24.7 Å². The van der Waals surface area contributed by atoms with Crippen LogP contribution >= 0.6 is 46.1 Å². The Morgan fingerprint density at radius 3 is 2.59 bits per heavy atom. The van der Waals surface area contributed by atoms with Crippen molar-refractivity contribution in [2.75, 3.05) is 7.11 Å². The van der Waals surface area contributed by atoms with Crippen molar-refractivity contribution in [3.05, 3.63) is 127 Å². The van der Waals surface area contributed by atoms with Gasteiger partial charge in [0.2, 0.25) is 5.88 Å². The van der Waals surface area contributed by atoms with E-state index in [0.717, 1.165) is 15.6 Å². The lowest BCUT2D eigenvalue weighted by Crippen LogP contribution is -2.21. The quantitative estimate of drug-likeness (QED) is 0.137. The number of carbonyl (C=O) groups is 1. The number of fused-ring (bicyclic) bond motifs is 2. The van der Waals surface area contributed by atoms with Crippen LogP contribution in [0.4, 0.5) is 0 Å². The highest BCUT2D eigenvalue weighted by Crippen LogP contribution is 2.45. The molecule has 0 fully saturated rings. The number of allylic oxidation sites excluding steroid dienone is 1. The molecule has 0 saturated heterocycles. The van der Waals surface area contributed by atoms with Crippen molar-refractivity contribution in [3.63, 3.8) is 0 Å². The fourth-order valence-corrected chi connectivity index (χ4v) is 6.77. The highest BCUT2D eigenvalue weighted by atomic mass is 35.5. The number of carbonyl (C=O) groups excluding carboxylic acids is 1. The summed E-state index contributed by atoms with van der Waals surface area (Å²) in [6, 6.07) is 25.1. The number of methoxy groups -OCH3 is 1. The summed E-state index contributed by atoms with van der Waals surface area (Å²) in [6.07, 6.45) is 0. The molecule has 2 heterocycles. The van der Waals surface area contributed by atoms with Crippen molar-refractivity contribution < 1.29 is 23.7 Å². The Kier molecular flexibility index (Phi) is 8.30. The van der Waals surface area contributed by atoms with Crippen molar-refractivity contribution in [2.24, 2.45) is 5.73 Å². The number of rotatable bonds is 7. The van der Waals surface area contributed by atoms with Gasteiger partial charge in [-0.15, -0.1) is 11.3 Å². The van der Waals surface area contributed by atoms with Crippen molar-refractivity contribution in [3.8, 4) is 29.1 Å². The summed E-state index contributed by atoms with van der Waals surface area (Å²) < 4.78 is 24.0. The molecule has 0 bridgehead atoms. The van der Waals surface area contributed by atoms with E-state index >= 15 is 0 Å². The van der Waals surface area contributed by atoms with E-state index in [4.69, 9.17) is 59.5 Å². The van der Waals surface area contributed by atoms with E-state index < -0.39 is 11.9 Å². The molecule has 1 aromatic heterocycles. The summed E-state index contributed by atoms with van der Waals surface area (Å²) in [5, 5.41) is 12.2. The third-order valence-electron chi connectivity index (χ3n) is 7.04. The first-order chi connectivity index (χ1) is 21.3. The van der Waals surface area contributed by atoms with Gasteiger partial charge in [-0.2, -0.15) is 5.26 Å². The maximum absolute atomic E-state index is 13.0. The number of benzene rings is 4. The third kappa shape index (κ3) is 5.63. The van der Waals surface area contributed by atoms with E-state index in [1.807, 2.05) is 30.3 Å². The van der Waals surface area contributed by atoms with Crippen LogP contribution in [0.5, 0.6) is 23.0 Å². The number of thiophene rings is 1. The molecule has 4 aromatic carbocycles. The molecule has 1 aliphatic rings. The fraction of sp³-hybridized carbons (Fsp3) is 0.0909. The molecule has 1 unspecified atom stereocenters. The molecule has 220 valence electrons. The summed E-state index contributed by atoms with van der Waals surface area (Å²) in [4.78, 5) is 13.3. The van der Waals surface area contributed by atoms with E-state index in [-0.39, 0.29) is 23.8 Å². The Morgan fingerprint density at radius 2 is 1.84 bits per heavy atom. The van der Waals surface area contributed by atoms with Gasteiger partial charge >= 0.3 is 5.97 Å². The predicted octanol–water partition coefficient (Wildman–Crippen LogP) is 8.89. The summed E-state index contributed by atoms with van der Waals surface area (Å²) in [5.74, 6) is 0.267. The molecule has 6 rings (SSSR count). The Hall–Kier alpha value is -4.39. The normalized spacial score (nSPS) is 14.0. The SMILES string of the molecule is COc1cc(C2C(C#N)=C(N)Oc3cc(OC(=O)c4sc5ccccc5c4Cl)ccc32)ccc1OCc1ccc(Cl)cc1Cl. The molecule has 7 nitrogen and oxygen atoms in total. The molecule has 0 saturated carbocycles. The summed E-state index contributed by atoms with van der Waals surface area (Å²) >= 11 is 20.0. The van der Waals surface area contributed by atoms with E-state index in [0.29, 0.717) is 48.3 Å². The van der Waals surface area contributed by atoms with Crippen LogP contribution in [0.15, 0.2) is 90.3 Å². The van der Waals surface area contributed by atoms with Crippen LogP contribution in [0.2, 0.25) is 15.1 Å². The second-order valence-electron chi connectivity index (χ2n) is 9.69. The van der Waals surface area contributed by atoms with Gasteiger partial charge in [-0.25, -0.2) is 4.79 Å². The van der Waals surface area contributed by atoms with Crippen LogP contribution in [0, 0.1) is 11.3 Å². The molecular formula is C33H21Cl3N2O5S. The smallest absolute Gasteiger partial charge is 0.355 e. The minimum Gasteiger partial charge on any atom is -0.493 e. The first kappa shape index (κ1) is 29.7. The Bertz CT molecular complexity index is 2020. The molecule has 1 atom stereocenters. The van der Waals surface area contributed by atoms with Crippen molar-refractivity contribution in [2.45, 2.75) is 12.5 Å². The Morgan fingerprint density at radius 1 is 1.02 bits per heavy atom. The van der Waals surface area contributed by atoms with Crippen molar-refractivity contribution in [1.82, 2.24) is 0 Å². The number of hydrogen-bond acceptors (Lipinski definition) is 8. The largest absolute Gasteiger partial charge is 0.493 e. The highest BCUT2D eigenvalue weighted by Gasteiger charge is 2.32. The number of esters is 1. The van der Waals surface area contributed by atoms with Crippen LogP contribution in [0.3, 0.4) is 0 Å². The van der Waals surface area contributed by atoms with Crippen LogP contribution in [-0.2, 0) is 6.61 Å². The fourth-order valence-electron chi connectivity index (χ4n) is 4.92. The first-order valence-corrected chi connectivity index (χ1v) is 15.1. The summed E-state index contributed by atoms with van der Waals surface area (Å²) in [6.45, 7) is 0.191. The standard InChI is InChI=1S/C33H21Cl3N2O5S/c1-40-27-12-17(7-11-25(27)41-16-18-6-8-19(34)13-24(18)35)29-21-10-9-20(14-26(21)43-32(38)23(29)15-37)42-33(39)31-30(36)22-4-2-3-5-28(22)44-31/h2-14,29H,16,38H2,1H3. The molecule has 11 heteroatoms. The number of halogens is 3. The maximum atomic E-state index is 13.0. The summed E-state index contributed by atoms with van der Waals surface area (Å²) in [7, 11) is 1.53. The zero-order valence-electron chi connectivity index (χ0n) is 22.9. The average molecular weight is 664 g/mol. The van der Waals surface area contributed by atoms with E-state index in [1.54, 1.807) is 48.5 Å². The lowest BCUT2D eigenvalue weighted by molar-refractivity contribution is 0.0740. The highest BCUT2D eigenvalue weighted by molar-refractivity contribution is 7.21. The van der Waals surface area contributed by atoms with E-state index in [9.17, 15) is 10.1 Å². The monoisotopic (exact) mass is 662 g/mol. The van der Waals surface area contributed by atoms with Gasteiger partial charge in [-0.05, 0) is 42.0 Å². The second-order valence-corrected chi connectivity index (χ2v) is 12.0. The topological polar surface area (TPSA) is 104 Å². The number of nitrogens with zero attached hydrogens (tertiary/aromatic N) is 1. The molecule has 0 aliphatic carbocycles. The molecule has 1 aliphatic heterocycles. The van der Waals surface area contributed by atoms with Gasteiger partial charge in [-0.3, -0.25) is 0 Å². The average Bonchev–Trinajstić information content (AvgIpc) is 3.36. The third-order valence-corrected chi connectivity index (χ3v) is 9.28. The lowest BCUT2D eigenvalue weighted by Gasteiger charge is -2.27. The lowest BCUT2D eigenvalue weighted by atomic mass is 9.83. The molecule has 44 heavy (non-hydrogen) atoms. The van der Waals surface area contributed by atoms with Gasteiger partial charge in [0.1, 0.15) is 34.6 Å². The Balaban J connectivity index is 1.28. The molecule has 0 amide bonds. The van der Waals surface area contributed by atoms with Crippen LogP contribution in [-0.4, -0.2) is 13.1 Å². The first-order valence-electron chi connectivity index (χ1n) is 13.1. The van der Waals surface area contributed by atoms with E-state index in [2.05, 4.69) is 6.07 Å². The second kappa shape index (κ2) is 12.3. The molecular weight excluding hydrogens is 643 g/mol.